The first kappa shape index (κ1) is 13.8. The van der Waals surface area contributed by atoms with E-state index in [-0.39, 0.29) is 5.75 Å². The van der Waals surface area contributed by atoms with Crippen molar-refractivity contribution in [1.29, 1.82) is 0 Å². The molecule has 4 nitrogen and oxygen atoms in total. The number of hydrogen-bond donors (Lipinski definition) is 2. The number of halogens is 3. The van der Waals surface area contributed by atoms with Crippen LogP contribution in [0.25, 0.3) is 0 Å². The van der Waals surface area contributed by atoms with Gasteiger partial charge >= 0.3 is 6.36 Å². The molecule has 0 aliphatic rings. The number of nitrogens with two attached hydrogens (primary N) is 1. The molecule has 0 saturated carbocycles. The van der Waals surface area contributed by atoms with Crippen molar-refractivity contribution in [3.05, 3.63) is 46.4 Å². The van der Waals surface area contributed by atoms with Crippen LogP contribution >= 0.6 is 11.3 Å². The maximum atomic E-state index is 12.2. The van der Waals surface area contributed by atoms with Crippen molar-refractivity contribution >= 4 is 11.3 Å². The molecule has 0 spiro atoms. The molecule has 1 unspecified atom stereocenters. The van der Waals surface area contributed by atoms with Gasteiger partial charge in [-0.15, -0.1) is 24.5 Å². The molecule has 3 N–H and O–H groups in total. The lowest BCUT2D eigenvalue weighted by Crippen LogP contribution is -2.28. The second kappa shape index (κ2) is 5.55. The third-order valence-corrected chi connectivity index (χ3v) is 3.17. The number of hydrogen-bond acceptors (Lipinski definition) is 5. The number of ether oxygens (including phenoxy) is 1. The zero-order valence-corrected chi connectivity index (χ0v) is 10.3. The minimum absolute atomic E-state index is 0.283. The van der Waals surface area contributed by atoms with Crippen LogP contribution in [0.1, 0.15) is 16.5 Å². The second-order valence-corrected chi connectivity index (χ2v) is 4.54. The third kappa shape index (κ3) is 3.66. The first-order valence-corrected chi connectivity index (χ1v) is 6.08. The zero-order valence-electron chi connectivity index (χ0n) is 9.52. The van der Waals surface area contributed by atoms with E-state index in [1.54, 1.807) is 17.8 Å². The highest BCUT2D eigenvalue weighted by atomic mass is 32.1. The number of alkyl halides is 3. The van der Waals surface area contributed by atoms with Gasteiger partial charge in [-0.05, 0) is 17.7 Å². The van der Waals surface area contributed by atoms with Gasteiger partial charge in [0, 0.05) is 11.1 Å². The first-order valence-electron chi connectivity index (χ1n) is 5.20. The molecule has 0 fully saturated rings. The molecule has 19 heavy (non-hydrogen) atoms. The van der Waals surface area contributed by atoms with Crippen LogP contribution in [0, 0.1) is 0 Å². The Morgan fingerprint density at radius 2 is 2.16 bits per heavy atom. The number of nitrogens with one attached hydrogen (secondary N) is 1. The molecule has 0 bridgehead atoms. The summed E-state index contributed by atoms with van der Waals surface area (Å²) >= 11 is 1.35. The van der Waals surface area contributed by atoms with Crippen molar-refractivity contribution < 1.29 is 17.9 Å². The normalized spacial score (nSPS) is 13.3. The number of nitrogens with zero attached hydrogens (tertiary/aromatic N) is 1. The Hall–Kier alpha value is -1.64. The number of aromatic nitrogens is 1. The summed E-state index contributed by atoms with van der Waals surface area (Å²) in [5.41, 5.74) is 4.73. The summed E-state index contributed by atoms with van der Waals surface area (Å²) < 4.78 is 40.4. The molecule has 1 heterocycles. The smallest absolute Gasteiger partial charge is 0.406 e. The van der Waals surface area contributed by atoms with Crippen molar-refractivity contribution in [2.24, 2.45) is 5.84 Å². The lowest BCUT2D eigenvalue weighted by Gasteiger charge is -2.16. The molecule has 0 amide bonds. The Balaban J connectivity index is 2.27. The van der Waals surface area contributed by atoms with Gasteiger partial charge in [-0.25, -0.2) is 5.43 Å². The van der Waals surface area contributed by atoms with Crippen LogP contribution < -0.4 is 16.0 Å². The maximum Gasteiger partial charge on any atom is 0.573 e. The molecule has 2 rings (SSSR count). The molecule has 1 atom stereocenters. The van der Waals surface area contributed by atoms with E-state index < -0.39 is 12.4 Å². The summed E-state index contributed by atoms with van der Waals surface area (Å²) in [5.74, 6) is 5.16. The molecule has 102 valence electrons. The minimum Gasteiger partial charge on any atom is -0.406 e. The minimum atomic E-state index is -4.71. The van der Waals surface area contributed by atoms with Gasteiger partial charge < -0.3 is 4.74 Å². The number of rotatable bonds is 4. The molecule has 2 aromatic rings. The molecule has 0 radical (unpaired) electrons. The van der Waals surface area contributed by atoms with E-state index in [1.807, 2.05) is 0 Å². The Labute approximate surface area is 111 Å². The Morgan fingerprint density at radius 1 is 1.37 bits per heavy atom. The molecule has 0 aliphatic heterocycles. The molecule has 1 aromatic carbocycles. The van der Waals surface area contributed by atoms with Crippen LogP contribution in [0.5, 0.6) is 5.75 Å². The van der Waals surface area contributed by atoms with E-state index in [9.17, 15) is 13.2 Å². The molecule has 8 heteroatoms. The highest BCUT2D eigenvalue weighted by molar-refractivity contribution is 7.09. The maximum absolute atomic E-state index is 12.2. The highest BCUT2D eigenvalue weighted by Crippen LogP contribution is 2.29. The predicted octanol–water partition coefficient (Wildman–Crippen LogP) is 2.59. The number of benzene rings is 1. The molecular formula is C11H10F3N3OS. The fraction of sp³-hybridized carbons (Fsp3) is 0.182. The fourth-order valence-corrected chi connectivity index (χ4v) is 2.31. The quantitative estimate of drug-likeness (QED) is 0.671. The van der Waals surface area contributed by atoms with Gasteiger partial charge in [0.1, 0.15) is 5.75 Å². The number of thiazole rings is 1. The van der Waals surface area contributed by atoms with Gasteiger partial charge in [0.15, 0.2) is 0 Å². The van der Waals surface area contributed by atoms with Gasteiger partial charge in [-0.2, -0.15) is 0 Å². The average molecular weight is 289 g/mol. The van der Waals surface area contributed by atoms with E-state index in [4.69, 9.17) is 5.84 Å². The van der Waals surface area contributed by atoms with Crippen LogP contribution in [0.15, 0.2) is 36.0 Å². The predicted molar refractivity (Wildman–Crippen MR) is 64.4 cm³/mol. The fourth-order valence-electron chi connectivity index (χ4n) is 1.60. The van der Waals surface area contributed by atoms with Gasteiger partial charge in [0.2, 0.25) is 0 Å². The Bertz CT molecular complexity index is 530. The van der Waals surface area contributed by atoms with Crippen LogP contribution in [0.2, 0.25) is 0 Å². The van der Waals surface area contributed by atoms with E-state index in [0.717, 1.165) is 4.88 Å². The topological polar surface area (TPSA) is 60.2 Å². The van der Waals surface area contributed by atoms with Crippen LogP contribution in [-0.4, -0.2) is 11.3 Å². The van der Waals surface area contributed by atoms with E-state index >= 15 is 0 Å². The van der Waals surface area contributed by atoms with Crippen molar-refractivity contribution in [2.75, 3.05) is 0 Å². The summed E-state index contributed by atoms with van der Waals surface area (Å²) in [6.45, 7) is 0. The molecule has 0 saturated heterocycles. The van der Waals surface area contributed by atoms with Gasteiger partial charge in [0.25, 0.3) is 0 Å². The first-order chi connectivity index (χ1) is 8.99. The SMILES string of the molecule is NNC(c1cccc(OC(F)(F)F)c1)c1cncs1. The largest absolute Gasteiger partial charge is 0.573 e. The van der Waals surface area contributed by atoms with Crippen LogP contribution in [0.3, 0.4) is 0 Å². The van der Waals surface area contributed by atoms with E-state index in [0.29, 0.717) is 5.56 Å². The summed E-state index contributed by atoms with van der Waals surface area (Å²) in [4.78, 5) is 4.71. The van der Waals surface area contributed by atoms with Gasteiger partial charge in [-0.3, -0.25) is 10.8 Å². The van der Waals surface area contributed by atoms with Crippen molar-refractivity contribution in [3.63, 3.8) is 0 Å². The molecular weight excluding hydrogens is 279 g/mol. The molecule has 0 aliphatic carbocycles. The molecule has 1 aromatic heterocycles. The van der Waals surface area contributed by atoms with Crippen molar-refractivity contribution in [2.45, 2.75) is 12.4 Å². The summed E-state index contributed by atoms with van der Waals surface area (Å²) in [7, 11) is 0. The van der Waals surface area contributed by atoms with E-state index in [2.05, 4.69) is 15.1 Å². The number of hydrazine groups is 1. The Kier molecular flexibility index (Phi) is 4.03. The monoisotopic (exact) mass is 289 g/mol. The standard InChI is InChI=1S/C11H10F3N3OS/c12-11(13,14)18-8-3-1-2-7(4-8)10(17-15)9-5-16-6-19-9/h1-6,10,17H,15H2. The van der Waals surface area contributed by atoms with Crippen molar-refractivity contribution in [3.8, 4) is 5.75 Å². The van der Waals surface area contributed by atoms with Crippen LogP contribution in [0.4, 0.5) is 13.2 Å². The lowest BCUT2D eigenvalue weighted by molar-refractivity contribution is -0.274. The summed E-state index contributed by atoms with van der Waals surface area (Å²) in [5, 5.41) is 0. The van der Waals surface area contributed by atoms with Crippen LogP contribution in [-0.2, 0) is 0 Å². The van der Waals surface area contributed by atoms with Crippen molar-refractivity contribution in [1.82, 2.24) is 10.4 Å². The Morgan fingerprint density at radius 3 is 2.74 bits per heavy atom. The summed E-state index contributed by atoms with van der Waals surface area (Å²) in [6.07, 6.45) is -3.11. The van der Waals surface area contributed by atoms with Gasteiger partial charge in [0.05, 0.1) is 11.6 Å². The average Bonchev–Trinajstić information content (AvgIpc) is 2.82. The second-order valence-electron chi connectivity index (χ2n) is 3.62. The highest BCUT2D eigenvalue weighted by Gasteiger charge is 2.31. The zero-order chi connectivity index (χ0) is 13.9. The lowest BCUT2D eigenvalue weighted by atomic mass is 10.1. The van der Waals surface area contributed by atoms with Gasteiger partial charge in [-0.1, -0.05) is 12.1 Å². The third-order valence-electron chi connectivity index (χ3n) is 2.33. The van der Waals surface area contributed by atoms with E-state index in [1.165, 1.54) is 29.5 Å². The summed E-state index contributed by atoms with van der Waals surface area (Å²) in [6, 6.07) is 5.23.